The first-order chi connectivity index (χ1) is 16.5. The minimum Gasteiger partial charge on any atom is -0.294 e. The summed E-state index contributed by atoms with van der Waals surface area (Å²) < 4.78 is 0. The SMILES string of the molecule is Cc1ccc(C(=O)CCC2CCCCC2)cc1.Cc1ccc(C(=O)CCC2CCCCC2)cc1. The third-order valence-electron chi connectivity index (χ3n) is 7.76. The Balaban J connectivity index is 0.000000191. The molecule has 0 aliphatic heterocycles. The molecule has 0 unspecified atom stereocenters. The van der Waals surface area contributed by atoms with Crippen molar-refractivity contribution < 1.29 is 9.59 Å². The lowest BCUT2D eigenvalue weighted by Crippen LogP contribution is -2.09. The van der Waals surface area contributed by atoms with Crippen molar-refractivity contribution in [3.05, 3.63) is 70.8 Å². The zero-order valence-corrected chi connectivity index (χ0v) is 21.5. The number of Topliss-reactive ketones (excluding diaryl/α,β-unsaturated/α-hetero) is 2. The second kappa shape index (κ2) is 14.2. The summed E-state index contributed by atoms with van der Waals surface area (Å²) in [6.45, 7) is 4.10. The molecule has 2 aliphatic carbocycles. The zero-order chi connectivity index (χ0) is 24.2. The maximum absolute atomic E-state index is 12.0. The van der Waals surface area contributed by atoms with Crippen LogP contribution in [0.5, 0.6) is 0 Å². The lowest BCUT2D eigenvalue weighted by Gasteiger charge is -2.20. The zero-order valence-electron chi connectivity index (χ0n) is 21.5. The molecule has 0 radical (unpaired) electrons. The van der Waals surface area contributed by atoms with Gasteiger partial charge >= 0.3 is 0 Å². The van der Waals surface area contributed by atoms with Gasteiger partial charge in [0.2, 0.25) is 0 Å². The largest absolute Gasteiger partial charge is 0.294 e. The van der Waals surface area contributed by atoms with Crippen molar-refractivity contribution in [1.29, 1.82) is 0 Å². The van der Waals surface area contributed by atoms with Gasteiger partial charge in [0, 0.05) is 24.0 Å². The minimum atomic E-state index is 0.315. The Morgan fingerprint density at radius 1 is 0.559 bits per heavy atom. The van der Waals surface area contributed by atoms with Gasteiger partial charge < -0.3 is 0 Å². The first-order valence-electron chi connectivity index (χ1n) is 13.7. The molecule has 4 rings (SSSR count). The van der Waals surface area contributed by atoms with Gasteiger partial charge in [-0.05, 0) is 38.5 Å². The Morgan fingerprint density at radius 3 is 1.21 bits per heavy atom. The van der Waals surface area contributed by atoms with Gasteiger partial charge in [-0.15, -0.1) is 0 Å². The molecule has 2 saturated carbocycles. The molecule has 0 amide bonds. The summed E-state index contributed by atoms with van der Waals surface area (Å²) in [7, 11) is 0. The van der Waals surface area contributed by atoms with E-state index in [0.717, 1.165) is 48.6 Å². The number of rotatable bonds is 8. The lowest BCUT2D eigenvalue weighted by molar-refractivity contribution is 0.0962. The topological polar surface area (TPSA) is 34.1 Å². The van der Waals surface area contributed by atoms with Crippen LogP contribution in [0.3, 0.4) is 0 Å². The standard InChI is InChI=1S/2C16H22O/c2*1-13-7-10-15(11-8-13)16(17)12-9-14-5-3-2-4-6-14/h2*7-8,10-11,14H,2-6,9,12H2,1H3. The maximum atomic E-state index is 12.0. The fourth-order valence-electron chi connectivity index (χ4n) is 5.39. The van der Waals surface area contributed by atoms with Gasteiger partial charge in [-0.3, -0.25) is 9.59 Å². The van der Waals surface area contributed by atoms with Crippen LogP contribution in [0.15, 0.2) is 48.5 Å². The monoisotopic (exact) mass is 460 g/mol. The highest BCUT2D eigenvalue weighted by molar-refractivity contribution is 5.96. The molecule has 184 valence electrons. The van der Waals surface area contributed by atoms with Crippen molar-refractivity contribution >= 4 is 11.6 Å². The first-order valence-corrected chi connectivity index (χ1v) is 13.7. The molecule has 2 nitrogen and oxygen atoms in total. The summed E-state index contributed by atoms with van der Waals surface area (Å²) in [4.78, 5) is 24.0. The van der Waals surface area contributed by atoms with Gasteiger partial charge in [-0.25, -0.2) is 0 Å². The number of hydrogen-bond acceptors (Lipinski definition) is 2. The van der Waals surface area contributed by atoms with E-state index in [0.29, 0.717) is 11.6 Å². The van der Waals surface area contributed by atoms with Crippen LogP contribution in [0.2, 0.25) is 0 Å². The first kappa shape index (κ1) is 26.4. The van der Waals surface area contributed by atoms with Gasteiger partial charge in [-0.2, -0.15) is 0 Å². The number of hydrogen-bond donors (Lipinski definition) is 0. The third-order valence-corrected chi connectivity index (χ3v) is 7.76. The second-order valence-corrected chi connectivity index (χ2v) is 10.7. The Hall–Kier alpha value is -2.22. The van der Waals surface area contributed by atoms with Gasteiger partial charge in [-0.1, -0.05) is 124 Å². The lowest BCUT2D eigenvalue weighted by atomic mass is 9.85. The third kappa shape index (κ3) is 9.20. The Labute approximate surface area is 207 Å². The highest BCUT2D eigenvalue weighted by Gasteiger charge is 2.16. The van der Waals surface area contributed by atoms with E-state index < -0.39 is 0 Å². The molecule has 0 saturated heterocycles. The summed E-state index contributed by atoms with van der Waals surface area (Å²) in [5.41, 5.74) is 4.19. The molecular formula is C32H44O2. The molecule has 2 aliphatic rings. The van der Waals surface area contributed by atoms with E-state index in [-0.39, 0.29) is 0 Å². The maximum Gasteiger partial charge on any atom is 0.162 e. The van der Waals surface area contributed by atoms with E-state index in [4.69, 9.17) is 0 Å². The molecule has 2 aromatic carbocycles. The number of ketones is 2. The fraction of sp³-hybridized carbons (Fsp3) is 0.562. The predicted molar refractivity (Wildman–Crippen MR) is 143 cm³/mol. The van der Waals surface area contributed by atoms with E-state index in [1.165, 1.54) is 75.3 Å². The Kier molecular flexibility index (Phi) is 11.1. The normalized spacial score (nSPS) is 17.0. The fourth-order valence-corrected chi connectivity index (χ4v) is 5.39. The molecule has 0 N–H and O–H groups in total. The van der Waals surface area contributed by atoms with Crippen molar-refractivity contribution in [2.45, 2.75) is 104 Å². The number of aryl methyl sites for hydroxylation is 2. The van der Waals surface area contributed by atoms with Crippen LogP contribution in [-0.2, 0) is 0 Å². The molecule has 0 heterocycles. The van der Waals surface area contributed by atoms with Crippen LogP contribution >= 0.6 is 0 Å². The summed E-state index contributed by atoms with van der Waals surface area (Å²) in [6.07, 6.45) is 17.2. The van der Waals surface area contributed by atoms with Crippen LogP contribution in [-0.4, -0.2) is 11.6 Å². The van der Waals surface area contributed by atoms with Crippen molar-refractivity contribution in [2.75, 3.05) is 0 Å². The molecule has 2 aromatic rings. The molecule has 0 bridgehead atoms. The average Bonchev–Trinajstić information content (AvgIpc) is 2.88. The van der Waals surface area contributed by atoms with Crippen LogP contribution in [0.4, 0.5) is 0 Å². The Morgan fingerprint density at radius 2 is 0.882 bits per heavy atom. The predicted octanol–water partition coefficient (Wildman–Crippen LogP) is 9.08. The van der Waals surface area contributed by atoms with Crippen molar-refractivity contribution in [3.63, 3.8) is 0 Å². The van der Waals surface area contributed by atoms with Crippen molar-refractivity contribution in [3.8, 4) is 0 Å². The quantitative estimate of drug-likeness (QED) is 0.368. The average molecular weight is 461 g/mol. The molecule has 2 heteroatoms. The smallest absolute Gasteiger partial charge is 0.162 e. The Bertz CT molecular complexity index is 791. The molecule has 0 atom stereocenters. The molecule has 34 heavy (non-hydrogen) atoms. The summed E-state index contributed by atoms with van der Waals surface area (Å²) >= 11 is 0. The summed E-state index contributed by atoms with van der Waals surface area (Å²) in [5.74, 6) is 2.24. The van der Waals surface area contributed by atoms with Crippen molar-refractivity contribution in [1.82, 2.24) is 0 Å². The van der Waals surface area contributed by atoms with Crippen molar-refractivity contribution in [2.24, 2.45) is 11.8 Å². The number of carbonyl (C=O) groups is 2. The van der Waals surface area contributed by atoms with Gasteiger partial charge in [0.1, 0.15) is 0 Å². The van der Waals surface area contributed by atoms with Crippen LogP contribution in [0, 0.1) is 25.7 Å². The number of benzene rings is 2. The minimum absolute atomic E-state index is 0.315. The summed E-state index contributed by atoms with van der Waals surface area (Å²) in [6, 6.07) is 15.9. The highest BCUT2D eigenvalue weighted by atomic mass is 16.1. The second-order valence-electron chi connectivity index (χ2n) is 10.7. The molecular weight excluding hydrogens is 416 g/mol. The highest BCUT2D eigenvalue weighted by Crippen LogP contribution is 2.28. The van der Waals surface area contributed by atoms with E-state index in [1.807, 2.05) is 48.5 Å². The van der Waals surface area contributed by atoms with E-state index in [9.17, 15) is 9.59 Å². The van der Waals surface area contributed by atoms with Crippen LogP contribution in [0.25, 0.3) is 0 Å². The van der Waals surface area contributed by atoms with E-state index >= 15 is 0 Å². The summed E-state index contributed by atoms with van der Waals surface area (Å²) in [5, 5.41) is 0. The van der Waals surface area contributed by atoms with Gasteiger partial charge in [0.15, 0.2) is 11.6 Å². The van der Waals surface area contributed by atoms with E-state index in [1.54, 1.807) is 0 Å². The molecule has 2 fully saturated rings. The van der Waals surface area contributed by atoms with E-state index in [2.05, 4.69) is 13.8 Å². The van der Waals surface area contributed by atoms with Crippen LogP contribution < -0.4 is 0 Å². The molecule has 0 aromatic heterocycles. The van der Waals surface area contributed by atoms with Crippen LogP contribution in [0.1, 0.15) is 122 Å². The van der Waals surface area contributed by atoms with Gasteiger partial charge in [0.05, 0.1) is 0 Å². The molecule has 0 spiro atoms. The van der Waals surface area contributed by atoms with Gasteiger partial charge in [0.25, 0.3) is 0 Å². The number of carbonyl (C=O) groups excluding carboxylic acids is 2.